The van der Waals surface area contributed by atoms with Gasteiger partial charge in [-0.3, -0.25) is 0 Å². The third kappa shape index (κ3) is 2.49. The number of fused-ring (bicyclic) bond motifs is 1. The predicted molar refractivity (Wildman–Crippen MR) is 69.2 cm³/mol. The van der Waals surface area contributed by atoms with Gasteiger partial charge in [-0.15, -0.1) is 0 Å². The molecular formula is C14H11FN2O2. The lowest BCUT2D eigenvalue weighted by atomic mass is 10.3. The number of anilines is 1. The Morgan fingerprint density at radius 2 is 2.11 bits per heavy atom. The Bertz CT molecular complexity index is 724. The lowest BCUT2D eigenvalue weighted by Gasteiger charge is -2.02. The van der Waals surface area contributed by atoms with Gasteiger partial charge in [-0.25, -0.2) is 9.37 Å². The van der Waals surface area contributed by atoms with Crippen molar-refractivity contribution < 1.29 is 13.5 Å². The summed E-state index contributed by atoms with van der Waals surface area (Å²) >= 11 is 0. The van der Waals surface area contributed by atoms with Crippen LogP contribution in [0.2, 0.25) is 0 Å². The van der Waals surface area contributed by atoms with E-state index in [9.17, 15) is 4.39 Å². The van der Waals surface area contributed by atoms with Gasteiger partial charge in [0.05, 0.1) is 0 Å². The molecule has 3 rings (SSSR count). The van der Waals surface area contributed by atoms with E-state index in [1.807, 2.05) is 0 Å². The molecule has 3 aromatic rings. The number of halogens is 1. The van der Waals surface area contributed by atoms with Crippen LogP contribution >= 0.6 is 0 Å². The van der Waals surface area contributed by atoms with E-state index in [2.05, 4.69) is 4.98 Å². The van der Waals surface area contributed by atoms with E-state index in [0.29, 0.717) is 28.4 Å². The molecular weight excluding hydrogens is 247 g/mol. The van der Waals surface area contributed by atoms with E-state index in [-0.39, 0.29) is 12.4 Å². The molecule has 0 aliphatic heterocycles. The first-order chi connectivity index (χ1) is 9.20. The first-order valence-corrected chi connectivity index (χ1v) is 5.74. The molecule has 0 saturated heterocycles. The van der Waals surface area contributed by atoms with E-state index in [0.717, 1.165) is 0 Å². The second-order valence-electron chi connectivity index (χ2n) is 4.08. The van der Waals surface area contributed by atoms with E-state index in [4.69, 9.17) is 14.9 Å². The minimum Gasteiger partial charge on any atom is -0.484 e. The molecule has 0 aliphatic rings. The van der Waals surface area contributed by atoms with Crippen molar-refractivity contribution in [2.45, 2.75) is 6.61 Å². The van der Waals surface area contributed by atoms with Crippen molar-refractivity contribution in [3.05, 3.63) is 54.2 Å². The number of oxazole rings is 1. The second-order valence-corrected chi connectivity index (χ2v) is 4.08. The van der Waals surface area contributed by atoms with Gasteiger partial charge in [-0.1, -0.05) is 6.07 Å². The number of nitrogens with zero attached hydrogens (tertiary/aromatic N) is 1. The second kappa shape index (κ2) is 4.61. The summed E-state index contributed by atoms with van der Waals surface area (Å²) < 4.78 is 23.9. The molecule has 0 aliphatic carbocycles. The van der Waals surface area contributed by atoms with Crippen molar-refractivity contribution in [1.29, 1.82) is 0 Å². The minimum absolute atomic E-state index is 0.137. The molecule has 4 nitrogen and oxygen atoms in total. The molecule has 0 unspecified atom stereocenters. The van der Waals surface area contributed by atoms with Gasteiger partial charge in [-0.05, 0) is 30.3 Å². The summed E-state index contributed by atoms with van der Waals surface area (Å²) in [5.74, 6) is 0.509. The van der Waals surface area contributed by atoms with Crippen molar-refractivity contribution in [3.8, 4) is 5.75 Å². The van der Waals surface area contributed by atoms with Crippen molar-refractivity contribution >= 4 is 16.8 Å². The van der Waals surface area contributed by atoms with Crippen LogP contribution in [-0.4, -0.2) is 4.98 Å². The smallest absolute Gasteiger partial charge is 0.233 e. The molecule has 96 valence electrons. The van der Waals surface area contributed by atoms with Gasteiger partial charge in [0, 0.05) is 11.8 Å². The lowest BCUT2D eigenvalue weighted by molar-refractivity contribution is 0.266. The quantitative estimate of drug-likeness (QED) is 0.733. The van der Waals surface area contributed by atoms with Gasteiger partial charge < -0.3 is 14.9 Å². The third-order valence-electron chi connectivity index (χ3n) is 2.61. The summed E-state index contributed by atoms with van der Waals surface area (Å²) in [6.07, 6.45) is 0. The molecule has 0 amide bonds. The predicted octanol–water partition coefficient (Wildman–Crippen LogP) is 3.13. The molecule has 2 aromatic carbocycles. The first kappa shape index (κ1) is 11.5. The molecule has 2 N–H and O–H groups in total. The van der Waals surface area contributed by atoms with Gasteiger partial charge >= 0.3 is 0 Å². The highest BCUT2D eigenvalue weighted by atomic mass is 19.1. The summed E-state index contributed by atoms with van der Waals surface area (Å²) in [6, 6.07) is 11.1. The van der Waals surface area contributed by atoms with Crippen molar-refractivity contribution in [2.75, 3.05) is 5.73 Å². The molecule has 0 bridgehead atoms. The summed E-state index contributed by atoms with van der Waals surface area (Å²) in [7, 11) is 0. The van der Waals surface area contributed by atoms with Crippen LogP contribution in [0.15, 0.2) is 46.9 Å². The van der Waals surface area contributed by atoms with E-state index >= 15 is 0 Å². The zero-order valence-electron chi connectivity index (χ0n) is 9.97. The molecule has 1 heterocycles. The van der Waals surface area contributed by atoms with Crippen LogP contribution in [0.4, 0.5) is 10.1 Å². The van der Waals surface area contributed by atoms with Crippen LogP contribution in [0, 0.1) is 5.82 Å². The Balaban J connectivity index is 1.78. The average molecular weight is 258 g/mol. The maximum atomic E-state index is 13.0. The van der Waals surface area contributed by atoms with E-state index in [1.165, 1.54) is 12.1 Å². The van der Waals surface area contributed by atoms with E-state index < -0.39 is 0 Å². The zero-order chi connectivity index (χ0) is 13.2. The Hall–Kier alpha value is -2.56. The molecule has 0 atom stereocenters. The Morgan fingerprint density at radius 1 is 1.21 bits per heavy atom. The third-order valence-corrected chi connectivity index (χ3v) is 2.61. The highest BCUT2D eigenvalue weighted by Gasteiger charge is 2.07. The van der Waals surface area contributed by atoms with Gasteiger partial charge in [0.25, 0.3) is 0 Å². The number of hydrogen-bond donors (Lipinski definition) is 1. The number of nitrogens with two attached hydrogens (primary N) is 1. The number of benzene rings is 2. The molecule has 0 radical (unpaired) electrons. The van der Waals surface area contributed by atoms with Gasteiger partial charge in [0.15, 0.2) is 12.2 Å². The lowest BCUT2D eigenvalue weighted by Crippen LogP contribution is -1.95. The van der Waals surface area contributed by atoms with Crippen molar-refractivity contribution in [2.24, 2.45) is 0 Å². The monoisotopic (exact) mass is 258 g/mol. The van der Waals surface area contributed by atoms with E-state index in [1.54, 1.807) is 30.3 Å². The Morgan fingerprint density at radius 3 is 2.95 bits per heavy atom. The minimum atomic E-state index is -0.345. The fourth-order valence-electron chi connectivity index (χ4n) is 1.76. The SMILES string of the molecule is Nc1ccc2oc(COc3cccc(F)c3)nc2c1. The Kier molecular flexibility index (Phi) is 2.79. The van der Waals surface area contributed by atoms with Crippen LogP contribution in [0.25, 0.3) is 11.1 Å². The normalized spacial score (nSPS) is 10.8. The highest BCUT2D eigenvalue weighted by molar-refractivity contribution is 5.76. The number of rotatable bonds is 3. The standard InChI is InChI=1S/C14H11FN2O2/c15-9-2-1-3-11(6-9)18-8-14-17-12-7-10(16)4-5-13(12)19-14/h1-7H,8,16H2. The first-order valence-electron chi connectivity index (χ1n) is 5.74. The number of hydrogen-bond acceptors (Lipinski definition) is 4. The molecule has 19 heavy (non-hydrogen) atoms. The average Bonchev–Trinajstić information content (AvgIpc) is 2.78. The van der Waals surface area contributed by atoms with Crippen LogP contribution in [-0.2, 0) is 6.61 Å². The topological polar surface area (TPSA) is 61.3 Å². The fraction of sp³-hybridized carbons (Fsp3) is 0.0714. The van der Waals surface area contributed by atoms with Crippen LogP contribution in [0.1, 0.15) is 5.89 Å². The van der Waals surface area contributed by atoms with Crippen molar-refractivity contribution in [1.82, 2.24) is 4.98 Å². The van der Waals surface area contributed by atoms with Crippen LogP contribution in [0.3, 0.4) is 0 Å². The maximum Gasteiger partial charge on any atom is 0.233 e. The fourth-order valence-corrected chi connectivity index (χ4v) is 1.76. The molecule has 0 fully saturated rings. The summed E-state index contributed by atoms with van der Waals surface area (Å²) in [5, 5.41) is 0. The number of nitrogen functional groups attached to an aromatic ring is 1. The maximum absolute atomic E-state index is 13.0. The van der Waals surface area contributed by atoms with Gasteiger partial charge in [0.1, 0.15) is 17.1 Å². The summed E-state index contributed by atoms with van der Waals surface area (Å²) in [6.45, 7) is 0.137. The number of aromatic nitrogens is 1. The zero-order valence-corrected chi connectivity index (χ0v) is 9.97. The molecule has 1 aromatic heterocycles. The van der Waals surface area contributed by atoms with Crippen LogP contribution in [0.5, 0.6) is 5.75 Å². The molecule has 5 heteroatoms. The largest absolute Gasteiger partial charge is 0.484 e. The van der Waals surface area contributed by atoms with Gasteiger partial charge in [0.2, 0.25) is 5.89 Å². The van der Waals surface area contributed by atoms with Crippen LogP contribution < -0.4 is 10.5 Å². The molecule has 0 saturated carbocycles. The van der Waals surface area contributed by atoms with Crippen molar-refractivity contribution in [3.63, 3.8) is 0 Å². The summed E-state index contributed by atoms with van der Waals surface area (Å²) in [5.41, 5.74) is 7.61. The number of ether oxygens (including phenoxy) is 1. The van der Waals surface area contributed by atoms with Gasteiger partial charge in [-0.2, -0.15) is 0 Å². The Labute approximate surface area is 108 Å². The molecule has 0 spiro atoms. The highest BCUT2D eigenvalue weighted by Crippen LogP contribution is 2.20. The summed E-state index contributed by atoms with van der Waals surface area (Å²) in [4.78, 5) is 4.25.